The van der Waals surface area contributed by atoms with Crippen molar-refractivity contribution in [1.82, 2.24) is 0 Å². The Labute approximate surface area is 62.4 Å². The number of hydrogen-bond donors (Lipinski definition) is 0. The van der Waals surface area contributed by atoms with Crippen LogP contribution in [0.5, 0.6) is 0 Å². The average molecular weight is 142 g/mol. The second-order valence-corrected chi connectivity index (χ2v) is 3.98. The van der Waals surface area contributed by atoms with Crippen molar-refractivity contribution in [3.63, 3.8) is 0 Å². The van der Waals surface area contributed by atoms with Gasteiger partial charge >= 0.3 is 0 Å². The topological polar surface area (TPSA) is 0 Å². The molecule has 0 aliphatic rings. The van der Waals surface area contributed by atoms with E-state index in [1.807, 2.05) is 0 Å². The highest BCUT2D eigenvalue weighted by atomic mass is 32.2. The van der Waals surface area contributed by atoms with Crippen LogP contribution in [0.15, 0.2) is 0 Å². The lowest BCUT2D eigenvalue weighted by Gasteiger charge is -2.05. The van der Waals surface area contributed by atoms with E-state index in [-0.39, 0.29) is 5.41 Å². The Kier molecular flexibility index (Phi) is 3.81. The molecule has 0 N–H and O–H groups in total. The number of hydrogen-bond acceptors (Lipinski definition) is 1. The molecule has 0 bridgehead atoms. The zero-order valence-corrected chi connectivity index (χ0v) is 7.43. The van der Waals surface area contributed by atoms with Gasteiger partial charge in [-0.25, -0.2) is 0 Å². The largest absolute Gasteiger partial charge is 0.0853 e. The SMILES string of the molecule is CCSC#CC(C)(C)C. The van der Waals surface area contributed by atoms with Gasteiger partial charge in [-0.2, -0.15) is 0 Å². The molecule has 1 heteroatoms. The van der Waals surface area contributed by atoms with Crippen LogP contribution in [0.1, 0.15) is 27.7 Å². The molecule has 0 spiro atoms. The summed E-state index contributed by atoms with van der Waals surface area (Å²) in [6.07, 6.45) is 0. The van der Waals surface area contributed by atoms with Crippen LogP contribution in [0.4, 0.5) is 0 Å². The predicted molar refractivity (Wildman–Crippen MR) is 45.4 cm³/mol. The summed E-state index contributed by atoms with van der Waals surface area (Å²) in [5.41, 5.74) is 0.169. The second kappa shape index (κ2) is 3.85. The first-order chi connectivity index (χ1) is 4.06. The molecular weight excluding hydrogens is 128 g/mol. The van der Waals surface area contributed by atoms with Gasteiger partial charge in [-0.05, 0) is 26.0 Å². The molecule has 0 aromatic carbocycles. The first kappa shape index (κ1) is 8.91. The lowest BCUT2D eigenvalue weighted by molar-refractivity contribution is 0.571. The minimum atomic E-state index is 0.169. The van der Waals surface area contributed by atoms with Gasteiger partial charge in [-0.15, -0.1) is 0 Å². The third-order valence-corrected chi connectivity index (χ3v) is 1.18. The standard InChI is InChI=1S/C8H14S/c1-5-9-7-6-8(2,3)4/h5H2,1-4H3. The van der Waals surface area contributed by atoms with Crippen molar-refractivity contribution in [1.29, 1.82) is 0 Å². The Hall–Kier alpha value is -0.0900. The summed E-state index contributed by atoms with van der Waals surface area (Å²) in [6.45, 7) is 8.48. The van der Waals surface area contributed by atoms with Gasteiger partial charge in [-0.1, -0.05) is 24.6 Å². The summed E-state index contributed by atoms with van der Waals surface area (Å²) in [7, 11) is 0. The van der Waals surface area contributed by atoms with Crippen molar-refractivity contribution in [2.45, 2.75) is 27.7 Å². The maximum Gasteiger partial charge on any atom is 0.0239 e. The van der Waals surface area contributed by atoms with Crippen molar-refractivity contribution >= 4 is 11.8 Å². The molecule has 0 amide bonds. The second-order valence-electron chi connectivity index (χ2n) is 2.91. The Morgan fingerprint density at radius 2 is 1.89 bits per heavy atom. The average Bonchev–Trinajstić information content (AvgIpc) is 1.63. The monoisotopic (exact) mass is 142 g/mol. The van der Waals surface area contributed by atoms with Gasteiger partial charge in [0.15, 0.2) is 0 Å². The zero-order chi connectivity index (χ0) is 7.33. The molecule has 0 rings (SSSR count). The highest BCUT2D eigenvalue weighted by molar-refractivity contribution is 8.03. The highest BCUT2D eigenvalue weighted by Crippen LogP contribution is 2.11. The van der Waals surface area contributed by atoms with E-state index < -0.39 is 0 Å². The Morgan fingerprint density at radius 3 is 2.22 bits per heavy atom. The van der Waals surface area contributed by atoms with Gasteiger partial charge in [0.25, 0.3) is 0 Å². The van der Waals surface area contributed by atoms with Crippen molar-refractivity contribution in [3.8, 4) is 11.2 Å². The lowest BCUT2D eigenvalue weighted by Crippen LogP contribution is -1.98. The van der Waals surface area contributed by atoms with Crippen LogP contribution in [0.25, 0.3) is 0 Å². The van der Waals surface area contributed by atoms with Gasteiger partial charge in [0.1, 0.15) is 0 Å². The molecule has 0 saturated carbocycles. The zero-order valence-electron chi connectivity index (χ0n) is 6.62. The van der Waals surface area contributed by atoms with Crippen LogP contribution >= 0.6 is 11.8 Å². The van der Waals surface area contributed by atoms with Crippen molar-refractivity contribution in [2.75, 3.05) is 5.75 Å². The molecule has 0 aromatic rings. The van der Waals surface area contributed by atoms with Gasteiger partial charge in [-0.3, -0.25) is 0 Å². The summed E-state index contributed by atoms with van der Waals surface area (Å²) in [5, 5.41) is 3.04. The maximum absolute atomic E-state index is 3.14. The van der Waals surface area contributed by atoms with E-state index in [4.69, 9.17) is 0 Å². The van der Waals surface area contributed by atoms with Gasteiger partial charge in [0.2, 0.25) is 0 Å². The van der Waals surface area contributed by atoms with Gasteiger partial charge in [0, 0.05) is 11.2 Å². The smallest absolute Gasteiger partial charge is 0.0239 e. The molecule has 0 nitrogen and oxygen atoms in total. The maximum atomic E-state index is 3.14. The fourth-order valence-electron chi connectivity index (χ4n) is 0.261. The fraction of sp³-hybridized carbons (Fsp3) is 0.750. The normalized spacial score (nSPS) is 10.2. The van der Waals surface area contributed by atoms with Crippen LogP contribution in [0, 0.1) is 16.6 Å². The van der Waals surface area contributed by atoms with E-state index in [0.29, 0.717) is 0 Å². The third-order valence-electron chi connectivity index (χ3n) is 0.643. The summed E-state index contributed by atoms with van der Waals surface area (Å²) < 4.78 is 0. The minimum absolute atomic E-state index is 0.169. The first-order valence-corrected chi connectivity index (χ1v) is 4.19. The summed E-state index contributed by atoms with van der Waals surface area (Å²) in [6, 6.07) is 0. The first-order valence-electron chi connectivity index (χ1n) is 3.20. The molecule has 0 aliphatic heterocycles. The number of thioether (sulfide) groups is 1. The van der Waals surface area contributed by atoms with Crippen LogP contribution < -0.4 is 0 Å². The Bertz CT molecular complexity index is 120. The molecule has 0 radical (unpaired) electrons. The molecule has 0 atom stereocenters. The number of rotatable bonds is 1. The molecule has 0 saturated heterocycles. The lowest BCUT2D eigenvalue weighted by atomic mass is 9.99. The quantitative estimate of drug-likeness (QED) is 0.507. The van der Waals surface area contributed by atoms with E-state index >= 15 is 0 Å². The molecule has 0 heterocycles. The molecule has 0 unspecified atom stereocenters. The molecular formula is C8H14S. The Morgan fingerprint density at radius 1 is 1.33 bits per heavy atom. The van der Waals surface area contributed by atoms with Crippen LogP contribution in [0.2, 0.25) is 0 Å². The van der Waals surface area contributed by atoms with Crippen LogP contribution in [-0.4, -0.2) is 5.75 Å². The predicted octanol–water partition coefficient (Wildman–Crippen LogP) is 2.75. The van der Waals surface area contributed by atoms with E-state index in [1.54, 1.807) is 11.8 Å². The summed E-state index contributed by atoms with van der Waals surface area (Å²) >= 11 is 1.67. The fourth-order valence-corrected chi connectivity index (χ4v) is 0.784. The summed E-state index contributed by atoms with van der Waals surface area (Å²) in [5.74, 6) is 4.22. The van der Waals surface area contributed by atoms with E-state index in [1.165, 1.54) is 0 Å². The van der Waals surface area contributed by atoms with Crippen molar-refractivity contribution in [3.05, 3.63) is 0 Å². The van der Waals surface area contributed by atoms with Crippen LogP contribution in [0.3, 0.4) is 0 Å². The Balaban J connectivity index is 3.59. The highest BCUT2D eigenvalue weighted by Gasteiger charge is 2.02. The molecule has 9 heavy (non-hydrogen) atoms. The summed E-state index contributed by atoms with van der Waals surface area (Å²) in [4.78, 5) is 0. The van der Waals surface area contributed by atoms with E-state index in [9.17, 15) is 0 Å². The molecule has 0 aromatic heterocycles. The van der Waals surface area contributed by atoms with E-state index in [2.05, 4.69) is 38.9 Å². The van der Waals surface area contributed by atoms with Gasteiger partial charge in [0.05, 0.1) is 0 Å². The molecule has 52 valence electrons. The van der Waals surface area contributed by atoms with Crippen LogP contribution in [-0.2, 0) is 0 Å². The van der Waals surface area contributed by atoms with Crippen molar-refractivity contribution < 1.29 is 0 Å². The molecule has 0 fully saturated rings. The third kappa shape index (κ3) is 7.91. The minimum Gasteiger partial charge on any atom is -0.0853 e. The van der Waals surface area contributed by atoms with E-state index in [0.717, 1.165) is 5.75 Å². The van der Waals surface area contributed by atoms with Crippen molar-refractivity contribution in [2.24, 2.45) is 5.41 Å². The molecule has 0 aliphatic carbocycles. The van der Waals surface area contributed by atoms with Gasteiger partial charge < -0.3 is 0 Å².